The Hall–Kier alpha value is -0.820. The number of hydrogen-bond donors (Lipinski definition) is 1. The summed E-state index contributed by atoms with van der Waals surface area (Å²) in [4.78, 5) is 0. The summed E-state index contributed by atoms with van der Waals surface area (Å²) < 4.78 is 0. The molecule has 0 aromatic heterocycles. The second-order valence-electron chi connectivity index (χ2n) is 6.16. The SMILES string of the molecule is CCC(CC1CC1)NC1CCc2ccccc2C1. The summed E-state index contributed by atoms with van der Waals surface area (Å²) in [6, 6.07) is 10.4. The van der Waals surface area contributed by atoms with Crippen LogP contribution in [0.4, 0.5) is 0 Å². The molecule has 0 spiro atoms. The summed E-state index contributed by atoms with van der Waals surface area (Å²) >= 11 is 0. The molecular weight excluding hydrogens is 218 g/mol. The first-order valence-corrected chi connectivity index (χ1v) is 7.68. The zero-order valence-corrected chi connectivity index (χ0v) is 11.5. The van der Waals surface area contributed by atoms with Crippen molar-refractivity contribution in [3.05, 3.63) is 35.4 Å². The van der Waals surface area contributed by atoms with Crippen molar-refractivity contribution >= 4 is 0 Å². The second kappa shape index (κ2) is 5.44. The molecular formula is C17H25N. The van der Waals surface area contributed by atoms with Crippen molar-refractivity contribution < 1.29 is 0 Å². The first-order valence-electron chi connectivity index (χ1n) is 7.68. The quantitative estimate of drug-likeness (QED) is 0.831. The molecule has 0 saturated heterocycles. The molecule has 18 heavy (non-hydrogen) atoms. The van der Waals surface area contributed by atoms with Gasteiger partial charge in [0.05, 0.1) is 0 Å². The topological polar surface area (TPSA) is 12.0 Å². The Morgan fingerprint density at radius 3 is 2.67 bits per heavy atom. The summed E-state index contributed by atoms with van der Waals surface area (Å²) in [5.41, 5.74) is 3.15. The molecule has 1 aromatic rings. The number of nitrogens with one attached hydrogen (secondary N) is 1. The van der Waals surface area contributed by atoms with E-state index in [1.165, 1.54) is 44.9 Å². The molecule has 2 atom stereocenters. The van der Waals surface area contributed by atoms with Crippen LogP contribution in [0.25, 0.3) is 0 Å². The van der Waals surface area contributed by atoms with E-state index in [4.69, 9.17) is 0 Å². The van der Waals surface area contributed by atoms with Crippen molar-refractivity contribution in [2.75, 3.05) is 0 Å². The molecule has 0 amide bonds. The van der Waals surface area contributed by atoms with Crippen LogP contribution in [0.5, 0.6) is 0 Å². The van der Waals surface area contributed by atoms with Crippen LogP contribution in [0.1, 0.15) is 50.2 Å². The third kappa shape index (κ3) is 2.95. The normalized spacial score (nSPS) is 24.6. The monoisotopic (exact) mass is 243 g/mol. The maximum absolute atomic E-state index is 3.92. The zero-order valence-electron chi connectivity index (χ0n) is 11.5. The Morgan fingerprint density at radius 2 is 1.94 bits per heavy atom. The molecule has 0 heterocycles. The summed E-state index contributed by atoms with van der Waals surface area (Å²) in [5, 5.41) is 3.92. The number of aryl methyl sites for hydroxylation is 1. The first kappa shape index (κ1) is 12.2. The van der Waals surface area contributed by atoms with Gasteiger partial charge in [0, 0.05) is 12.1 Å². The second-order valence-corrected chi connectivity index (χ2v) is 6.16. The highest BCUT2D eigenvalue weighted by Crippen LogP contribution is 2.34. The van der Waals surface area contributed by atoms with Gasteiger partial charge in [0.25, 0.3) is 0 Å². The van der Waals surface area contributed by atoms with Crippen LogP contribution in [-0.2, 0) is 12.8 Å². The van der Waals surface area contributed by atoms with E-state index < -0.39 is 0 Å². The molecule has 0 bridgehead atoms. The molecule has 1 N–H and O–H groups in total. The third-order valence-electron chi connectivity index (χ3n) is 4.63. The zero-order chi connectivity index (χ0) is 12.4. The average molecular weight is 243 g/mol. The number of benzene rings is 1. The fraction of sp³-hybridized carbons (Fsp3) is 0.647. The van der Waals surface area contributed by atoms with Crippen LogP contribution in [0.15, 0.2) is 24.3 Å². The van der Waals surface area contributed by atoms with Crippen molar-refractivity contribution in [2.45, 2.75) is 64.0 Å². The molecule has 0 radical (unpaired) electrons. The smallest absolute Gasteiger partial charge is 0.0113 e. The van der Waals surface area contributed by atoms with Crippen LogP contribution < -0.4 is 5.32 Å². The minimum atomic E-state index is 0.712. The molecule has 3 rings (SSSR count). The number of hydrogen-bond acceptors (Lipinski definition) is 1. The van der Waals surface area contributed by atoms with Crippen molar-refractivity contribution in [1.82, 2.24) is 5.32 Å². The lowest BCUT2D eigenvalue weighted by Crippen LogP contribution is -2.41. The fourth-order valence-electron chi connectivity index (χ4n) is 3.28. The standard InChI is InChI=1S/C17H25N/c1-2-16(11-13-7-8-13)18-17-10-9-14-5-3-4-6-15(14)12-17/h3-6,13,16-18H,2,7-12H2,1H3. The Labute approximate surface area is 111 Å². The maximum Gasteiger partial charge on any atom is 0.0113 e. The Morgan fingerprint density at radius 1 is 1.17 bits per heavy atom. The Balaban J connectivity index is 1.57. The van der Waals surface area contributed by atoms with Crippen LogP contribution in [0, 0.1) is 5.92 Å². The maximum atomic E-state index is 3.92. The van der Waals surface area contributed by atoms with E-state index in [1.54, 1.807) is 11.1 Å². The Kier molecular flexibility index (Phi) is 3.69. The van der Waals surface area contributed by atoms with E-state index in [1.807, 2.05) is 0 Å². The molecule has 1 heteroatoms. The lowest BCUT2D eigenvalue weighted by Gasteiger charge is -2.29. The van der Waals surface area contributed by atoms with Crippen LogP contribution in [0.2, 0.25) is 0 Å². The van der Waals surface area contributed by atoms with Gasteiger partial charge in [-0.15, -0.1) is 0 Å². The fourth-order valence-corrected chi connectivity index (χ4v) is 3.28. The van der Waals surface area contributed by atoms with Gasteiger partial charge in [-0.2, -0.15) is 0 Å². The van der Waals surface area contributed by atoms with Crippen molar-refractivity contribution in [3.63, 3.8) is 0 Å². The highest BCUT2D eigenvalue weighted by molar-refractivity contribution is 5.30. The van der Waals surface area contributed by atoms with Gasteiger partial charge in [-0.25, -0.2) is 0 Å². The average Bonchev–Trinajstić information content (AvgIpc) is 3.22. The number of rotatable bonds is 5. The third-order valence-corrected chi connectivity index (χ3v) is 4.63. The van der Waals surface area contributed by atoms with Gasteiger partial charge in [-0.3, -0.25) is 0 Å². The van der Waals surface area contributed by atoms with Crippen molar-refractivity contribution in [3.8, 4) is 0 Å². The molecule has 0 aliphatic heterocycles. The molecule has 1 fully saturated rings. The summed E-state index contributed by atoms with van der Waals surface area (Å²) in [6.45, 7) is 2.33. The summed E-state index contributed by atoms with van der Waals surface area (Å²) in [6.07, 6.45) is 9.46. The van der Waals surface area contributed by atoms with E-state index in [0.29, 0.717) is 6.04 Å². The van der Waals surface area contributed by atoms with Crippen LogP contribution in [-0.4, -0.2) is 12.1 Å². The molecule has 1 aromatic carbocycles. The van der Waals surface area contributed by atoms with Gasteiger partial charge >= 0.3 is 0 Å². The van der Waals surface area contributed by atoms with Gasteiger partial charge in [-0.1, -0.05) is 44.0 Å². The first-order chi connectivity index (χ1) is 8.85. The minimum Gasteiger partial charge on any atom is -0.311 e. The van der Waals surface area contributed by atoms with Crippen molar-refractivity contribution in [2.24, 2.45) is 5.92 Å². The predicted molar refractivity (Wildman–Crippen MR) is 76.8 cm³/mol. The van der Waals surface area contributed by atoms with Crippen LogP contribution >= 0.6 is 0 Å². The number of fused-ring (bicyclic) bond motifs is 1. The summed E-state index contributed by atoms with van der Waals surface area (Å²) in [7, 11) is 0. The van der Waals surface area contributed by atoms with Gasteiger partial charge in [0.15, 0.2) is 0 Å². The highest BCUT2D eigenvalue weighted by atomic mass is 14.9. The molecule has 2 unspecified atom stereocenters. The van der Waals surface area contributed by atoms with Crippen LogP contribution in [0.3, 0.4) is 0 Å². The van der Waals surface area contributed by atoms with E-state index in [0.717, 1.165) is 12.0 Å². The largest absolute Gasteiger partial charge is 0.311 e. The van der Waals surface area contributed by atoms with E-state index >= 15 is 0 Å². The molecule has 1 saturated carbocycles. The highest BCUT2D eigenvalue weighted by Gasteiger charge is 2.26. The summed E-state index contributed by atoms with van der Waals surface area (Å²) in [5.74, 6) is 1.04. The van der Waals surface area contributed by atoms with Gasteiger partial charge in [0.1, 0.15) is 0 Å². The van der Waals surface area contributed by atoms with Gasteiger partial charge in [0.2, 0.25) is 0 Å². The minimum absolute atomic E-state index is 0.712. The molecule has 1 nitrogen and oxygen atoms in total. The molecule has 2 aliphatic rings. The molecule has 2 aliphatic carbocycles. The van der Waals surface area contributed by atoms with E-state index in [-0.39, 0.29) is 0 Å². The van der Waals surface area contributed by atoms with Gasteiger partial charge < -0.3 is 5.32 Å². The van der Waals surface area contributed by atoms with Gasteiger partial charge in [-0.05, 0) is 49.1 Å². The van der Waals surface area contributed by atoms with E-state index in [9.17, 15) is 0 Å². The van der Waals surface area contributed by atoms with E-state index in [2.05, 4.69) is 36.5 Å². The molecule has 98 valence electrons. The van der Waals surface area contributed by atoms with Crippen molar-refractivity contribution in [1.29, 1.82) is 0 Å². The Bertz CT molecular complexity index is 394. The predicted octanol–water partition coefficient (Wildman–Crippen LogP) is 3.71. The lowest BCUT2D eigenvalue weighted by atomic mass is 9.87. The lowest BCUT2D eigenvalue weighted by molar-refractivity contribution is 0.360.